The van der Waals surface area contributed by atoms with Crippen molar-refractivity contribution in [2.75, 3.05) is 33.3 Å². The first-order valence-electron chi connectivity index (χ1n) is 10.7. The van der Waals surface area contributed by atoms with Gasteiger partial charge in [-0.3, -0.25) is 14.5 Å². The van der Waals surface area contributed by atoms with Crippen LogP contribution in [-0.4, -0.2) is 60.9 Å². The summed E-state index contributed by atoms with van der Waals surface area (Å²) < 4.78 is 6.00. The van der Waals surface area contributed by atoms with Crippen LogP contribution in [-0.2, 0) is 16.1 Å². The van der Waals surface area contributed by atoms with E-state index in [1.54, 1.807) is 0 Å². The molecule has 2 atom stereocenters. The number of ether oxygens (including phenoxy) is 1. The Morgan fingerprint density at radius 3 is 2.86 bits per heavy atom. The van der Waals surface area contributed by atoms with Gasteiger partial charge in [0.1, 0.15) is 12.4 Å². The third kappa shape index (κ3) is 5.38. The highest BCUT2D eigenvalue weighted by Gasteiger charge is 2.33. The van der Waals surface area contributed by atoms with Crippen LogP contribution in [0.15, 0.2) is 36.4 Å². The van der Waals surface area contributed by atoms with Crippen LogP contribution in [0.25, 0.3) is 0 Å². The van der Waals surface area contributed by atoms with Crippen molar-refractivity contribution in [2.24, 2.45) is 11.8 Å². The Morgan fingerprint density at radius 2 is 2.03 bits per heavy atom. The number of fused-ring (bicyclic) bond motifs is 3. The molecule has 1 saturated heterocycles. The van der Waals surface area contributed by atoms with Crippen LogP contribution in [0.2, 0.25) is 0 Å². The first-order chi connectivity index (χ1) is 14.1. The summed E-state index contributed by atoms with van der Waals surface area (Å²) >= 11 is 0. The zero-order chi connectivity index (χ0) is 20.2. The Labute approximate surface area is 172 Å². The van der Waals surface area contributed by atoms with E-state index >= 15 is 0 Å². The Hall–Kier alpha value is -2.34. The lowest BCUT2D eigenvalue weighted by Gasteiger charge is -2.38. The van der Waals surface area contributed by atoms with Crippen molar-refractivity contribution >= 4 is 11.8 Å². The maximum atomic E-state index is 12.9. The fraction of sp³-hybridized carbons (Fsp3) is 0.565. The van der Waals surface area contributed by atoms with Gasteiger partial charge in [0.15, 0.2) is 0 Å². The molecule has 2 amide bonds. The lowest BCUT2D eigenvalue weighted by Crippen LogP contribution is -2.47. The second-order valence-corrected chi connectivity index (χ2v) is 8.62. The lowest BCUT2D eigenvalue weighted by molar-refractivity contribution is -0.134. The molecule has 2 bridgehead atoms. The van der Waals surface area contributed by atoms with E-state index in [4.69, 9.17) is 4.74 Å². The van der Waals surface area contributed by atoms with Gasteiger partial charge < -0.3 is 15.0 Å². The smallest absolute Gasteiger partial charge is 0.236 e. The Balaban J connectivity index is 1.48. The van der Waals surface area contributed by atoms with Gasteiger partial charge in [-0.2, -0.15) is 0 Å². The van der Waals surface area contributed by atoms with E-state index in [1.807, 2.05) is 47.2 Å². The van der Waals surface area contributed by atoms with Gasteiger partial charge in [0.2, 0.25) is 11.8 Å². The SMILES string of the molecule is CN1CC(=O)N2CC[C@@H](CC(=O)NC3CC3)[C@@H](C=CCOc3ccccc3C1)C2. The molecule has 6 nitrogen and oxygen atoms in total. The van der Waals surface area contributed by atoms with Crippen LogP contribution in [0, 0.1) is 11.8 Å². The molecule has 29 heavy (non-hydrogen) atoms. The van der Waals surface area contributed by atoms with Crippen LogP contribution in [0.3, 0.4) is 0 Å². The molecule has 2 aliphatic heterocycles. The van der Waals surface area contributed by atoms with Crippen molar-refractivity contribution in [1.82, 2.24) is 15.1 Å². The van der Waals surface area contributed by atoms with Crippen LogP contribution in [0.5, 0.6) is 5.75 Å². The summed E-state index contributed by atoms with van der Waals surface area (Å²) in [7, 11) is 1.97. The number of hydrogen-bond donors (Lipinski definition) is 1. The highest BCUT2D eigenvalue weighted by molar-refractivity contribution is 5.79. The fourth-order valence-corrected chi connectivity index (χ4v) is 4.30. The standard InChI is InChI=1S/C23H31N3O3/c1-25-14-19-5-2-3-7-21(19)29-12-4-6-18-15-26(23(28)16-25)11-10-17(18)13-22(27)24-20-8-9-20/h2-7,17-18,20H,8-16H2,1H3,(H,24,27)/t17-,18-/m0/s1. The van der Waals surface area contributed by atoms with Gasteiger partial charge in [0.25, 0.3) is 0 Å². The average molecular weight is 398 g/mol. The van der Waals surface area contributed by atoms with Crippen LogP contribution in [0.4, 0.5) is 0 Å². The molecule has 1 saturated carbocycles. The third-order valence-corrected chi connectivity index (χ3v) is 6.09. The second kappa shape index (κ2) is 8.99. The predicted molar refractivity (Wildman–Crippen MR) is 111 cm³/mol. The van der Waals surface area contributed by atoms with E-state index in [-0.39, 0.29) is 23.7 Å². The summed E-state index contributed by atoms with van der Waals surface area (Å²) in [6.45, 7) is 2.96. The van der Waals surface area contributed by atoms with Crippen LogP contribution >= 0.6 is 0 Å². The van der Waals surface area contributed by atoms with E-state index in [0.29, 0.717) is 38.7 Å². The number of piperidine rings is 1. The monoisotopic (exact) mass is 397 g/mol. The number of rotatable bonds is 3. The number of nitrogens with zero attached hydrogens (tertiary/aromatic N) is 2. The molecule has 1 aromatic rings. The van der Waals surface area contributed by atoms with E-state index in [0.717, 1.165) is 37.1 Å². The molecular formula is C23H31N3O3. The first-order valence-corrected chi connectivity index (χ1v) is 10.7. The fourth-order valence-electron chi connectivity index (χ4n) is 4.30. The number of benzene rings is 1. The Bertz CT molecular complexity index is 774. The predicted octanol–water partition coefficient (Wildman–Crippen LogP) is 2.20. The summed E-state index contributed by atoms with van der Waals surface area (Å²) in [6, 6.07) is 8.39. The van der Waals surface area contributed by atoms with Gasteiger partial charge in [-0.05, 0) is 44.2 Å². The van der Waals surface area contributed by atoms with Crippen molar-refractivity contribution in [3.8, 4) is 5.75 Å². The van der Waals surface area contributed by atoms with Crippen LogP contribution < -0.4 is 10.1 Å². The number of carbonyl (C=O) groups is 2. The molecule has 156 valence electrons. The van der Waals surface area contributed by atoms with Gasteiger partial charge in [-0.1, -0.05) is 30.4 Å². The minimum absolute atomic E-state index is 0.151. The van der Waals surface area contributed by atoms with E-state index in [1.165, 1.54) is 0 Å². The Morgan fingerprint density at radius 1 is 1.21 bits per heavy atom. The first kappa shape index (κ1) is 20.0. The third-order valence-electron chi connectivity index (χ3n) is 6.09. The van der Waals surface area contributed by atoms with Crippen molar-refractivity contribution in [3.05, 3.63) is 42.0 Å². The van der Waals surface area contributed by atoms with Gasteiger partial charge in [0, 0.05) is 37.7 Å². The number of carbonyl (C=O) groups excluding carboxylic acids is 2. The number of amides is 2. The summed E-state index contributed by atoms with van der Waals surface area (Å²) in [5, 5.41) is 3.10. The number of para-hydroxylation sites is 1. The number of hydrogen-bond acceptors (Lipinski definition) is 4. The topological polar surface area (TPSA) is 61.9 Å². The maximum absolute atomic E-state index is 12.9. The molecule has 1 aliphatic carbocycles. The van der Waals surface area contributed by atoms with Crippen molar-refractivity contribution in [2.45, 2.75) is 38.3 Å². The zero-order valence-corrected chi connectivity index (χ0v) is 17.2. The largest absolute Gasteiger partial charge is 0.489 e. The molecule has 2 heterocycles. The van der Waals surface area contributed by atoms with Gasteiger partial charge in [-0.25, -0.2) is 0 Å². The van der Waals surface area contributed by atoms with E-state index in [2.05, 4.69) is 11.4 Å². The van der Waals surface area contributed by atoms with Gasteiger partial charge in [0.05, 0.1) is 6.54 Å². The maximum Gasteiger partial charge on any atom is 0.236 e. The highest BCUT2D eigenvalue weighted by atomic mass is 16.5. The lowest BCUT2D eigenvalue weighted by atomic mass is 9.82. The molecule has 3 aliphatic rings. The van der Waals surface area contributed by atoms with Gasteiger partial charge >= 0.3 is 0 Å². The van der Waals surface area contributed by atoms with Crippen molar-refractivity contribution in [1.29, 1.82) is 0 Å². The summed E-state index contributed by atoms with van der Waals surface area (Å²) in [5.41, 5.74) is 1.09. The molecule has 0 unspecified atom stereocenters. The van der Waals surface area contributed by atoms with E-state index < -0.39 is 0 Å². The molecule has 0 radical (unpaired) electrons. The number of likely N-dealkylation sites (N-methyl/N-ethyl adjacent to an activating group) is 1. The summed E-state index contributed by atoms with van der Waals surface area (Å²) in [5.74, 6) is 1.62. The van der Waals surface area contributed by atoms with Crippen LogP contribution in [0.1, 0.15) is 31.2 Å². The minimum Gasteiger partial charge on any atom is -0.489 e. The average Bonchev–Trinajstić information content (AvgIpc) is 3.50. The molecule has 2 fully saturated rings. The molecule has 0 spiro atoms. The van der Waals surface area contributed by atoms with Gasteiger partial charge in [-0.15, -0.1) is 0 Å². The quantitative estimate of drug-likeness (QED) is 0.795. The molecular weight excluding hydrogens is 366 g/mol. The molecule has 4 rings (SSSR count). The molecule has 6 heteroatoms. The molecule has 1 N–H and O–H groups in total. The summed E-state index contributed by atoms with van der Waals surface area (Å²) in [6.07, 6.45) is 7.81. The zero-order valence-electron chi connectivity index (χ0n) is 17.2. The minimum atomic E-state index is 0.151. The molecule has 1 aromatic carbocycles. The van der Waals surface area contributed by atoms with E-state index in [9.17, 15) is 9.59 Å². The highest BCUT2D eigenvalue weighted by Crippen LogP contribution is 2.29. The van der Waals surface area contributed by atoms with Crippen molar-refractivity contribution < 1.29 is 14.3 Å². The summed E-state index contributed by atoms with van der Waals surface area (Å²) in [4.78, 5) is 29.2. The second-order valence-electron chi connectivity index (χ2n) is 8.62. The van der Waals surface area contributed by atoms with Crippen molar-refractivity contribution in [3.63, 3.8) is 0 Å². The Kier molecular flexibility index (Phi) is 6.19. The normalized spacial score (nSPS) is 25.8. The number of nitrogens with one attached hydrogen (secondary N) is 1. The molecule has 0 aromatic heterocycles.